The molecule has 126 valence electrons. The highest BCUT2D eigenvalue weighted by atomic mass is 16.3. The van der Waals surface area contributed by atoms with Crippen LogP contribution in [0.15, 0.2) is 12.2 Å². The molecule has 0 spiro atoms. The van der Waals surface area contributed by atoms with Crippen LogP contribution in [0, 0.1) is 5.41 Å². The Morgan fingerprint density at radius 1 is 0.810 bits per heavy atom. The first-order valence-corrected chi connectivity index (χ1v) is 9.29. The van der Waals surface area contributed by atoms with Crippen LogP contribution < -0.4 is 0 Å². The van der Waals surface area contributed by atoms with Gasteiger partial charge in [-0.05, 0) is 43.9 Å². The maximum Gasteiger partial charge on any atom is 0.0545 e. The Morgan fingerprint density at radius 2 is 1.33 bits per heavy atom. The fourth-order valence-corrected chi connectivity index (χ4v) is 2.73. The lowest BCUT2D eigenvalue weighted by atomic mass is 9.87. The fraction of sp³-hybridized carbons (Fsp3) is 0.900. The van der Waals surface area contributed by atoms with Crippen molar-refractivity contribution in [2.75, 3.05) is 0 Å². The summed E-state index contributed by atoms with van der Waals surface area (Å²) in [4.78, 5) is 0. The molecule has 0 aromatic carbocycles. The summed E-state index contributed by atoms with van der Waals surface area (Å²) in [5.41, 5.74) is 0.246. The Kier molecular flexibility index (Phi) is 13.2. The van der Waals surface area contributed by atoms with Crippen molar-refractivity contribution in [3.05, 3.63) is 12.2 Å². The molecule has 0 aliphatic rings. The number of allylic oxidation sites excluding steroid dienone is 2. The maximum absolute atomic E-state index is 9.93. The lowest BCUT2D eigenvalue weighted by molar-refractivity contribution is 0.110. The first kappa shape index (κ1) is 20.7. The largest absolute Gasteiger partial charge is 0.393 e. The quantitative estimate of drug-likeness (QED) is 0.298. The number of hydrogen-bond donors (Lipinski definition) is 1. The van der Waals surface area contributed by atoms with E-state index in [1.165, 1.54) is 57.8 Å². The van der Waals surface area contributed by atoms with Crippen molar-refractivity contribution < 1.29 is 5.11 Å². The van der Waals surface area contributed by atoms with Gasteiger partial charge in [0.25, 0.3) is 0 Å². The van der Waals surface area contributed by atoms with Gasteiger partial charge in [-0.2, -0.15) is 0 Å². The molecule has 1 unspecified atom stereocenters. The van der Waals surface area contributed by atoms with Crippen LogP contribution in [0.3, 0.4) is 0 Å². The molecule has 0 radical (unpaired) electrons. The Bertz CT molecular complexity index is 237. The molecule has 0 fully saturated rings. The van der Waals surface area contributed by atoms with Gasteiger partial charge in [0.2, 0.25) is 0 Å². The van der Waals surface area contributed by atoms with E-state index in [1.54, 1.807) is 0 Å². The van der Waals surface area contributed by atoms with Gasteiger partial charge in [-0.1, -0.05) is 78.4 Å². The van der Waals surface area contributed by atoms with Crippen molar-refractivity contribution >= 4 is 0 Å². The van der Waals surface area contributed by atoms with E-state index < -0.39 is 0 Å². The summed E-state index contributed by atoms with van der Waals surface area (Å²) in [6.45, 7) is 8.86. The molecule has 0 aromatic rings. The van der Waals surface area contributed by atoms with Crippen LogP contribution in [-0.4, -0.2) is 11.2 Å². The Labute approximate surface area is 134 Å². The number of unbranched alkanes of at least 4 members (excludes halogenated alkanes) is 8. The predicted octanol–water partition coefficient (Wildman–Crippen LogP) is 6.65. The van der Waals surface area contributed by atoms with Gasteiger partial charge in [0, 0.05) is 0 Å². The standard InChI is InChI=1S/C20H40O/c1-5-6-7-8-9-10-11-12-13-14-15-16-17-19(21)18-20(2,3)4/h12-13,19,21H,5-11,14-18H2,1-4H3. The molecule has 0 aliphatic carbocycles. The topological polar surface area (TPSA) is 20.2 Å². The molecule has 1 N–H and O–H groups in total. The van der Waals surface area contributed by atoms with E-state index in [-0.39, 0.29) is 11.5 Å². The molecule has 0 saturated carbocycles. The third kappa shape index (κ3) is 17.6. The number of rotatable bonds is 13. The van der Waals surface area contributed by atoms with Crippen LogP contribution in [0.1, 0.15) is 105 Å². The lowest BCUT2D eigenvalue weighted by Crippen LogP contribution is -2.17. The number of hydrogen-bond acceptors (Lipinski definition) is 1. The van der Waals surface area contributed by atoms with Crippen LogP contribution in [0.2, 0.25) is 0 Å². The average molecular weight is 297 g/mol. The van der Waals surface area contributed by atoms with Gasteiger partial charge < -0.3 is 5.11 Å². The van der Waals surface area contributed by atoms with Crippen LogP contribution in [0.25, 0.3) is 0 Å². The molecule has 0 amide bonds. The van der Waals surface area contributed by atoms with Crippen LogP contribution in [0.5, 0.6) is 0 Å². The monoisotopic (exact) mass is 296 g/mol. The zero-order valence-electron chi connectivity index (χ0n) is 15.2. The molecule has 0 saturated heterocycles. The molecule has 0 rings (SSSR count). The molecule has 1 nitrogen and oxygen atoms in total. The molecular weight excluding hydrogens is 256 g/mol. The molecule has 1 atom stereocenters. The zero-order valence-corrected chi connectivity index (χ0v) is 15.2. The minimum atomic E-state index is -0.114. The first-order valence-electron chi connectivity index (χ1n) is 9.29. The van der Waals surface area contributed by atoms with Crippen molar-refractivity contribution in [1.29, 1.82) is 0 Å². The number of aliphatic hydroxyl groups excluding tert-OH is 1. The van der Waals surface area contributed by atoms with Crippen molar-refractivity contribution in [3.63, 3.8) is 0 Å². The fourth-order valence-electron chi connectivity index (χ4n) is 2.73. The van der Waals surface area contributed by atoms with E-state index in [4.69, 9.17) is 0 Å². The SMILES string of the molecule is CCCCCCCCC=CCCCCC(O)CC(C)(C)C. The second-order valence-electron chi connectivity index (χ2n) is 7.73. The van der Waals surface area contributed by atoms with Crippen molar-refractivity contribution in [3.8, 4) is 0 Å². The average Bonchev–Trinajstić information content (AvgIpc) is 2.38. The van der Waals surface area contributed by atoms with E-state index >= 15 is 0 Å². The zero-order chi connectivity index (χ0) is 16.0. The van der Waals surface area contributed by atoms with E-state index in [9.17, 15) is 5.11 Å². The van der Waals surface area contributed by atoms with Crippen molar-refractivity contribution in [1.82, 2.24) is 0 Å². The van der Waals surface area contributed by atoms with Gasteiger partial charge in [-0.15, -0.1) is 0 Å². The summed E-state index contributed by atoms with van der Waals surface area (Å²) in [6.07, 6.45) is 19.6. The van der Waals surface area contributed by atoms with Crippen LogP contribution >= 0.6 is 0 Å². The third-order valence-corrected chi connectivity index (χ3v) is 3.90. The summed E-state index contributed by atoms with van der Waals surface area (Å²) in [7, 11) is 0. The highest BCUT2D eigenvalue weighted by molar-refractivity contribution is 4.81. The maximum atomic E-state index is 9.93. The summed E-state index contributed by atoms with van der Waals surface area (Å²) in [6, 6.07) is 0. The second kappa shape index (κ2) is 13.4. The molecule has 0 aromatic heterocycles. The summed E-state index contributed by atoms with van der Waals surface area (Å²) in [5, 5.41) is 9.93. The third-order valence-electron chi connectivity index (χ3n) is 3.90. The van der Waals surface area contributed by atoms with E-state index in [0.29, 0.717) is 0 Å². The van der Waals surface area contributed by atoms with E-state index in [0.717, 1.165) is 19.3 Å². The minimum absolute atomic E-state index is 0.114. The van der Waals surface area contributed by atoms with Gasteiger partial charge >= 0.3 is 0 Å². The molecule has 0 heterocycles. The summed E-state index contributed by atoms with van der Waals surface area (Å²) < 4.78 is 0. The summed E-state index contributed by atoms with van der Waals surface area (Å²) >= 11 is 0. The van der Waals surface area contributed by atoms with Gasteiger partial charge in [-0.25, -0.2) is 0 Å². The summed E-state index contributed by atoms with van der Waals surface area (Å²) in [5.74, 6) is 0. The molecule has 1 heteroatoms. The highest BCUT2D eigenvalue weighted by Gasteiger charge is 2.15. The van der Waals surface area contributed by atoms with Gasteiger partial charge in [0.05, 0.1) is 6.10 Å². The van der Waals surface area contributed by atoms with Gasteiger partial charge in [-0.3, -0.25) is 0 Å². The highest BCUT2D eigenvalue weighted by Crippen LogP contribution is 2.23. The second-order valence-corrected chi connectivity index (χ2v) is 7.73. The van der Waals surface area contributed by atoms with Crippen LogP contribution in [0.4, 0.5) is 0 Å². The lowest BCUT2D eigenvalue weighted by Gasteiger charge is -2.22. The Balaban J connectivity index is 3.29. The molecule has 21 heavy (non-hydrogen) atoms. The molecule has 0 bridgehead atoms. The van der Waals surface area contributed by atoms with Crippen molar-refractivity contribution in [2.45, 2.75) is 111 Å². The molecular formula is C20H40O. The Hall–Kier alpha value is -0.300. The minimum Gasteiger partial charge on any atom is -0.393 e. The van der Waals surface area contributed by atoms with Crippen molar-refractivity contribution in [2.24, 2.45) is 5.41 Å². The van der Waals surface area contributed by atoms with E-state index in [1.807, 2.05) is 0 Å². The smallest absolute Gasteiger partial charge is 0.0545 e. The predicted molar refractivity (Wildman–Crippen MR) is 95.7 cm³/mol. The first-order chi connectivity index (χ1) is 9.95. The molecule has 0 aliphatic heterocycles. The van der Waals surface area contributed by atoms with Gasteiger partial charge in [0.15, 0.2) is 0 Å². The van der Waals surface area contributed by atoms with Gasteiger partial charge in [0.1, 0.15) is 0 Å². The normalized spacial score (nSPS) is 14.0. The Morgan fingerprint density at radius 3 is 1.90 bits per heavy atom. The van der Waals surface area contributed by atoms with Crippen LogP contribution in [-0.2, 0) is 0 Å². The number of aliphatic hydroxyl groups is 1. The van der Waals surface area contributed by atoms with E-state index in [2.05, 4.69) is 39.8 Å².